The lowest BCUT2D eigenvalue weighted by Gasteiger charge is -2.30. The SMILES string of the molecule is O=C(CCC(=O)N1CCCC1c1nnc2n1CCCCC2)N1CCOc2ccccc21. The number of amides is 2. The molecule has 0 aliphatic carbocycles. The summed E-state index contributed by atoms with van der Waals surface area (Å²) in [4.78, 5) is 29.6. The van der Waals surface area contributed by atoms with Crippen molar-refractivity contribution in [2.24, 2.45) is 0 Å². The van der Waals surface area contributed by atoms with Crippen LogP contribution in [0, 0.1) is 0 Å². The lowest BCUT2D eigenvalue weighted by molar-refractivity contribution is -0.134. The topological polar surface area (TPSA) is 80.6 Å². The predicted molar refractivity (Wildman–Crippen MR) is 115 cm³/mol. The molecule has 164 valence electrons. The van der Waals surface area contributed by atoms with E-state index in [0.29, 0.717) is 13.2 Å². The molecular formula is C23H29N5O3. The standard InChI is InChI=1S/C23H29N5O3/c29-21(11-12-22(30)27-15-16-31-19-9-4-3-7-17(19)27)26-14-6-8-18(26)23-25-24-20-10-2-1-5-13-28(20)23/h3-4,7,9,18H,1-2,5-6,8,10-16H2. The zero-order valence-electron chi connectivity index (χ0n) is 17.8. The number of para-hydroxylation sites is 2. The van der Waals surface area contributed by atoms with Crippen LogP contribution in [0.15, 0.2) is 24.3 Å². The molecule has 2 aromatic rings. The number of benzene rings is 1. The number of fused-ring (bicyclic) bond motifs is 2. The van der Waals surface area contributed by atoms with Crippen molar-refractivity contribution in [2.75, 3.05) is 24.6 Å². The van der Waals surface area contributed by atoms with Crippen LogP contribution in [-0.4, -0.2) is 51.2 Å². The van der Waals surface area contributed by atoms with Gasteiger partial charge in [0.2, 0.25) is 11.8 Å². The fraction of sp³-hybridized carbons (Fsp3) is 0.565. The highest BCUT2D eigenvalue weighted by molar-refractivity contribution is 5.97. The Morgan fingerprint density at radius 1 is 0.968 bits per heavy atom. The van der Waals surface area contributed by atoms with Crippen molar-refractivity contribution >= 4 is 17.5 Å². The molecule has 1 aromatic heterocycles. The minimum atomic E-state index is -0.0313. The maximum atomic E-state index is 13.1. The highest BCUT2D eigenvalue weighted by Gasteiger charge is 2.34. The van der Waals surface area contributed by atoms with Crippen LogP contribution in [0.2, 0.25) is 0 Å². The summed E-state index contributed by atoms with van der Waals surface area (Å²) in [5.74, 6) is 2.70. The number of hydrogen-bond donors (Lipinski definition) is 0. The Hall–Kier alpha value is -2.90. The van der Waals surface area contributed by atoms with Crippen molar-refractivity contribution in [3.63, 3.8) is 0 Å². The first-order chi connectivity index (χ1) is 15.2. The molecule has 1 fully saturated rings. The quantitative estimate of drug-likeness (QED) is 0.755. The molecule has 0 bridgehead atoms. The van der Waals surface area contributed by atoms with Crippen LogP contribution in [0.3, 0.4) is 0 Å². The Kier molecular flexibility index (Phi) is 5.61. The summed E-state index contributed by atoms with van der Waals surface area (Å²) in [6.07, 6.45) is 6.75. The number of ether oxygens (including phenoxy) is 1. The monoisotopic (exact) mass is 423 g/mol. The van der Waals surface area contributed by atoms with Gasteiger partial charge in [-0.15, -0.1) is 10.2 Å². The minimum Gasteiger partial charge on any atom is -0.490 e. The number of carbonyl (C=O) groups excluding carboxylic acids is 2. The van der Waals surface area contributed by atoms with Gasteiger partial charge in [0.05, 0.1) is 18.3 Å². The molecule has 0 radical (unpaired) electrons. The van der Waals surface area contributed by atoms with E-state index in [9.17, 15) is 9.59 Å². The molecule has 4 heterocycles. The van der Waals surface area contributed by atoms with Crippen LogP contribution in [0.1, 0.15) is 62.6 Å². The van der Waals surface area contributed by atoms with Crippen molar-refractivity contribution < 1.29 is 14.3 Å². The molecule has 1 atom stereocenters. The summed E-state index contributed by atoms with van der Waals surface area (Å²) < 4.78 is 7.87. The second-order valence-electron chi connectivity index (χ2n) is 8.54. The van der Waals surface area contributed by atoms with Crippen LogP contribution >= 0.6 is 0 Å². The summed E-state index contributed by atoms with van der Waals surface area (Å²) in [6, 6.07) is 7.54. The van der Waals surface area contributed by atoms with E-state index in [1.165, 1.54) is 6.42 Å². The van der Waals surface area contributed by atoms with Crippen molar-refractivity contribution in [3.8, 4) is 5.75 Å². The Bertz CT molecular complexity index is 972. The zero-order valence-corrected chi connectivity index (χ0v) is 17.8. The van der Waals surface area contributed by atoms with E-state index in [-0.39, 0.29) is 30.7 Å². The van der Waals surface area contributed by atoms with Gasteiger partial charge in [-0.2, -0.15) is 0 Å². The van der Waals surface area contributed by atoms with Gasteiger partial charge in [0.1, 0.15) is 18.2 Å². The molecule has 8 heteroatoms. The summed E-state index contributed by atoms with van der Waals surface area (Å²) >= 11 is 0. The summed E-state index contributed by atoms with van der Waals surface area (Å²) in [7, 11) is 0. The van der Waals surface area contributed by atoms with Crippen LogP contribution in [-0.2, 0) is 22.6 Å². The van der Waals surface area contributed by atoms with Crippen molar-refractivity contribution in [1.82, 2.24) is 19.7 Å². The molecule has 3 aliphatic rings. The Morgan fingerprint density at radius 3 is 2.77 bits per heavy atom. The zero-order chi connectivity index (χ0) is 21.2. The van der Waals surface area contributed by atoms with Crippen LogP contribution < -0.4 is 9.64 Å². The molecule has 0 spiro atoms. The molecule has 5 rings (SSSR count). The second kappa shape index (κ2) is 8.69. The maximum absolute atomic E-state index is 13.1. The molecule has 1 aromatic carbocycles. The van der Waals surface area contributed by atoms with Gasteiger partial charge in [0.15, 0.2) is 5.82 Å². The van der Waals surface area contributed by atoms with E-state index in [1.54, 1.807) is 4.90 Å². The fourth-order valence-corrected chi connectivity index (χ4v) is 5.01. The first-order valence-corrected chi connectivity index (χ1v) is 11.5. The van der Waals surface area contributed by atoms with Crippen LogP contribution in [0.4, 0.5) is 5.69 Å². The molecule has 2 amide bonds. The first kappa shape index (κ1) is 20.0. The number of aromatic nitrogens is 3. The number of rotatable bonds is 4. The largest absolute Gasteiger partial charge is 0.490 e. The number of nitrogens with zero attached hydrogens (tertiary/aromatic N) is 5. The number of anilines is 1. The maximum Gasteiger partial charge on any atom is 0.227 e. The van der Waals surface area contributed by atoms with Gasteiger partial charge in [-0.05, 0) is 37.8 Å². The van der Waals surface area contributed by atoms with E-state index < -0.39 is 0 Å². The third-order valence-corrected chi connectivity index (χ3v) is 6.59. The van der Waals surface area contributed by atoms with E-state index in [4.69, 9.17) is 4.74 Å². The fourth-order valence-electron chi connectivity index (χ4n) is 5.01. The lowest BCUT2D eigenvalue weighted by atomic mass is 10.1. The van der Waals surface area contributed by atoms with E-state index >= 15 is 0 Å². The van der Waals surface area contributed by atoms with Gasteiger partial charge in [-0.1, -0.05) is 18.6 Å². The number of likely N-dealkylation sites (tertiary alicyclic amines) is 1. The van der Waals surface area contributed by atoms with E-state index in [2.05, 4.69) is 14.8 Å². The van der Waals surface area contributed by atoms with Gasteiger partial charge >= 0.3 is 0 Å². The van der Waals surface area contributed by atoms with Crippen molar-refractivity contribution in [2.45, 2.75) is 64.0 Å². The predicted octanol–water partition coefficient (Wildman–Crippen LogP) is 2.87. The first-order valence-electron chi connectivity index (χ1n) is 11.5. The third kappa shape index (κ3) is 3.91. The van der Waals surface area contributed by atoms with Gasteiger partial charge in [-0.3, -0.25) is 9.59 Å². The molecule has 0 N–H and O–H groups in total. The minimum absolute atomic E-state index is 0.0222. The average molecular weight is 424 g/mol. The summed E-state index contributed by atoms with van der Waals surface area (Å²) in [5, 5.41) is 8.89. The van der Waals surface area contributed by atoms with Crippen molar-refractivity contribution in [3.05, 3.63) is 35.9 Å². The number of carbonyl (C=O) groups is 2. The van der Waals surface area contributed by atoms with Gasteiger partial charge in [0, 0.05) is 32.4 Å². The molecule has 31 heavy (non-hydrogen) atoms. The van der Waals surface area contributed by atoms with Gasteiger partial charge in [-0.25, -0.2) is 0 Å². The molecule has 3 aliphatic heterocycles. The van der Waals surface area contributed by atoms with Crippen LogP contribution in [0.5, 0.6) is 5.75 Å². The molecule has 1 unspecified atom stereocenters. The lowest BCUT2D eigenvalue weighted by Crippen LogP contribution is -2.39. The number of hydrogen-bond acceptors (Lipinski definition) is 5. The summed E-state index contributed by atoms with van der Waals surface area (Å²) in [5.41, 5.74) is 0.788. The van der Waals surface area contributed by atoms with Gasteiger partial charge < -0.3 is 19.1 Å². The summed E-state index contributed by atoms with van der Waals surface area (Å²) in [6.45, 7) is 2.65. The van der Waals surface area contributed by atoms with E-state index in [0.717, 1.165) is 68.3 Å². The normalized spacial score (nSPS) is 20.6. The number of aryl methyl sites for hydroxylation is 1. The molecule has 8 nitrogen and oxygen atoms in total. The van der Waals surface area contributed by atoms with Gasteiger partial charge in [0.25, 0.3) is 0 Å². The van der Waals surface area contributed by atoms with E-state index in [1.807, 2.05) is 29.2 Å². The Morgan fingerprint density at radius 2 is 1.84 bits per heavy atom. The molecular weight excluding hydrogens is 394 g/mol. The smallest absolute Gasteiger partial charge is 0.227 e. The third-order valence-electron chi connectivity index (χ3n) is 6.59. The molecule has 1 saturated heterocycles. The highest BCUT2D eigenvalue weighted by Crippen LogP contribution is 2.34. The molecule has 0 saturated carbocycles. The Labute approximate surface area is 182 Å². The Balaban J connectivity index is 1.25. The average Bonchev–Trinajstić information content (AvgIpc) is 3.37. The highest BCUT2D eigenvalue weighted by atomic mass is 16.5. The van der Waals surface area contributed by atoms with Crippen LogP contribution in [0.25, 0.3) is 0 Å². The second-order valence-corrected chi connectivity index (χ2v) is 8.54. The van der Waals surface area contributed by atoms with Crippen molar-refractivity contribution in [1.29, 1.82) is 0 Å².